The Balaban J connectivity index is 0.00000144. The molecule has 1 aromatic rings. The van der Waals surface area contributed by atoms with Crippen LogP contribution in [0.5, 0.6) is 0 Å². The van der Waals surface area contributed by atoms with E-state index in [1.165, 1.54) is 16.7 Å². The van der Waals surface area contributed by atoms with Crippen LogP contribution in [0.2, 0.25) is 0 Å². The largest absolute Gasteiger partial charge is 0.329 e. The van der Waals surface area contributed by atoms with Gasteiger partial charge in [-0.1, -0.05) is 18.2 Å². The SMILES string of the molecule is Cc1cccc(C)c1[C@@H](N)CN.Cl. The van der Waals surface area contributed by atoms with E-state index in [2.05, 4.69) is 26.0 Å². The molecule has 0 heterocycles. The van der Waals surface area contributed by atoms with Crippen LogP contribution in [0.1, 0.15) is 22.7 Å². The van der Waals surface area contributed by atoms with Gasteiger partial charge in [0.05, 0.1) is 0 Å². The summed E-state index contributed by atoms with van der Waals surface area (Å²) in [6, 6.07) is 6.15. The Morgan fingerprint density at radius 1 is 1.23 bits per heavy atom. The third kappa shape index (κ3) is 2.69. The Morgan fingerprint density at radius 3 is 2.08 bits per heavy atom. The number of aryl methyl sites for hydroxylation is 2. The van der Waals surface area contributed by atoms with Crippen LogP contribution in [-0.2, 0) is 0 Å². The van der Waals surface area contributed by atoms with Crippen molar-refractivity contribution in [1.29, 1.82) is 0 Å². The highest BCUT2D eigenvalue weighted by Crippen LogP contribution is 2.18. The minimum Gasteiger partial charge on any atom is -0.329 e. The second-order valence-electron chi connectivity index (χ2n) is 3.15. The lowest BCUT2D eigenvalue weighted by Crippen LogP contribution is -2.22. The lowest BCUT2D eigenvalue weighted by Gasteiger charge is -2.15. The molecule has 4 N–H and O–H groups in total. The van der Waals surface area contributed by atoms with Crippen LogP contribution in [0.4, 0.5) is 0 Å². The molecule has 1 atom stereocenters. The topological polar surface area (TPSA) is 52.0 Å². The first-order valence-electron chi connectivity index (χ1n) is 4.18. The van der Waals surface area contributed by atoms with E-state index in [9.17, 15) is 0 Å². The van der Waals surface area contributed by atoms with Crippen LogP contribution in [0.25, 0.3) is 0 Å². The van der Waals surface area contributed by atoms with E-state index in [1.54, 1.807) is 0 Å². The van der Waals surface area contributed by atoms with Gasteiger partial charge in [-0.2, -0.15) is 0 Å². The van der Waals surface area contributed by atoms with Crippen molar-refractivity contribution in [2.24, 2.45) is 11.5 Å². The molecular formula is C10H17ClN2. The monoisotopic (exact) mass is 200 g/mol. The first-order chi connectivity index (χ1) is 5.66. The fourth-order valence-corrected chi connectivity index (χ4v) is 1.53. The van der Waals surface area contributed by atoms with E-state index in [1.807, 2.05) is 6.07 Å². The molecule has 0 aromatic heterocycles. The second-order valence-corrected chi connectivity index (χ2v) is 3.15. The average Bonchev–Trinajstić information content (AvgIpc) is 2.03. The quantitative estimate of drug-likeness (QED) is 0.764. The molecule has 1 rings (SSSR count). The fourth-order valence-electron chi connectivity index (χ4n) is 1.53. The van der Waals surface area contributed by atoms with Crippen LogP contribution in [0.3, 0.4) is 0 Å². The van der Waals surface area contributed by atoms with Gasteiger partial charge in [0.1, 0.15) is 0 Å². The van der Waals surface area contributed by atoms with Crippen molar-refractivity contribution in [3.05, 3.63) is 34.9 Å². The van der Waals surface area contributed by atoms with E-state index in [0.29, 0.717) is 6.54 Å². The van der Waals surface area contributed by atoms with Crippen molar-refractivity contribution in [2.45, 2.75) is 19.9 Å². The molecule has 0 amide bonds. The molecule has 2 nitrogen and oxygen atoms in total. The van der Waals surface area contributed by atoms with Crippen LogP contribution < -0.4 is 11.5 Å². The van der Waals surface area contributed by atoms with Crippen molar-refractivity contribution in [3.8, 4) is 0 Å². The molecule has 0 saturated carbocycles. The van der Waals surface area contributed by atoms with E-state index < -0.39 is 0 Å². The zero-order valence-electron chi connectivity index (χ0n) is 8.08. The summed E-state index contributed by atoms with van der Waals surface area (Å²) < 4.78 is 0. The summed E-state index contributed by atoms with van der Waals surface area (Å²) >= 11 is 0. The molecule has 74 valence electrons. The van der Waals surface area contributed by atoms with Crippen LogP contribution in [-0.4, -0.2) is 6.54 Å². The molecule has 0 unspecified atom stereocenters. The molecule has 0 saturated heterocycles. The maximum atomic E-state index is 5.87. The average molecular weight is 201 g/mol. The maximum Gasteiger partial charge on any atom is 0.0424 e. The molecule has 1 aromatic carbocycles. The molecule has 0 spiro atoms. The zero-order chi connectivity index (χ0) is 9.14. The summed E-state index contributed by atoms with van der Waals surface area (Å²) in [5.74, 6) is 0. The molecule has 0 aliphatic rings. The lowest BCUT2D eigenvalue weighted by atomic mass is 9.97. The Bertz CT molecular complexity index is 253. The Kier molecular flexibility index (Phi) is 4.99. The summed E-state index contributed by atoms with van der Waals surface area (Å²) in [7, 11) is 0. The highest BCUT2D eigenvalue weighted by molar-refractivity contribution is 5.85. The normalized spacial score (nSPS) is 12.0. The molecule has 13 heavy (non-hydrogen) atoms. The summed E-state index contributed by atoms with van der Waals surface area (Å²) in [6.45, 7) is 4.64. The van der Waals surface area contributed by atoms with Gasteiger partial charge in [-0.25, -0.2) is 0 Å². The van der Waals surface area contributed by atoms with Gasteiger partial charge in [-0.05, 0) is 30.5 Å². The number of hydrogen-bond acceptors (Lipinski definition) is 2. The summed E-state index contributed by atoms with van der Waals surface area (Å²) in [5.41, 5.74) is 15.0. The third-order valence-electron chi connectivity index (χ3n) is 2.17. The minimum atomic E-state index is -0.0220. The standard InChI is InChI=1S/C10H16N2.ClH/c1-7-4-3-5-8(2)10(7)9(12)6-11;/h3-5,9H,6,11-12H2,1-2H3;1H/t9-;/m0./s1. The van der Waals surface area contributed by atoms with Gasteiger partial charge in [0.2, 0.25) is 0 Å². The van der Waals surface area contributed by atoms with Gasteiger partial charge >= 0.3 is 0 Å². The Morgan fingerprint density at radius 2 is 1.69 bits per heavy atom. The van der Waals surface area contributed by atoms with Crippen molar-refractivity contribution in [2.75, 3.05) is 6.54 Å². The van der Waals surface area contributed by atoms with E-state index in [0.717, 1.165) is 0 Å². The molecule has 0 aliphatic carbocycles. The van der Waals surface area contributed by atoms with Gasteiger partial charge in [-0.15, -0.1) is 12.4 Å². The number of halogens is 1. The number of nitrogens with two attached hydrogens (primary N) is 2. The predicted molar refractivity (Wildman–Crippen MR) is 59.1 cm³/mol. The first kappa shape index (κ1) is 12.4. The van der Waals surface area contributed by atoms with Gasteiger partial charge in [-0.3, -0.25) is 0 Å². The smallest absolute Gasteiger partial charge is 0.0424 e. The van der Waals surface area contributed by atoms with Crippen LogP contribution in [0, 0.1) is 13.8 Å². The highest BCUT2D eigenvalue weighted by Gasteiger charge is 2.08. The van der Waals surface area contributed by atoms with Gasteiger partial charge in [0, 0.05) is 12.6 Å². The summed E-state index contributed by atoms with van der Waals surface area (Å²) in [5, 5.41) is 0. The zero-order valence-corrected chi connectivity index (χ0v) is 8.90. The summed E-state index contributed by atoms with van der Waals surface area (Å²) in [6.07, 6.45) is 0. The van der Waals surface area contributed by atoms with Crippen molar-refractivity contribution in [3.63, 3.8) is 0 Å². The molecule has 0 radical (unpaired) electrons. The number of benzene rings is 1. The van der Waals surface area contributed by atoms with E-state index in [4.69, 9.17) is 11.5 Å². The third-order valence-corrected chi connectivity index (χ3v) is 2.17. The molecule has 3 heteroatoms. The highest BCUT2D eigenvalue weighted by atomic mass is 35.5. The predicted octanol–water partition coefficient (Wildman–Crippen LogP) is 1.68. The fraction of sp³-hybridized carbons (Fsp3) is 0.400. The van der Waals surface area contributed by atoms with Gasteiger partial charge < -0.3 is 11.5 Å². The van der Waals surface area contributed by atoms with E-state index in [-0.39, 0.29) is 18.4 Å². The number of rotatable bonds is 2. The lowest BCUT2D eigenvalue weighted by molar-refractivity contribution is 0.726. The molecule has 0 fully saturated rings. The second kappa shape index (κ2) is 5.22. The molecule has 0 aliphatic heterocycles. The van der Waals surface area contributed by atoms with Crippen molar-refractivity contribution < 1.29 is 0 Å². The minimum absolute atomic E-state index is 0. The molecular weight excluding hydrogens is 184 g/mol. The Labute approximate surface area is 85.7 Å². The van der Waals surface area contributed by atoms with Crippen LogP contribution >= 0.6 is 12.4 Å². The van der Waals surface area contributed by atoms with Gasteiger partial charge in [0.15, 0.2) is 0 Å². The summed E-state index contributed by atoms with van der Waals surface area (Å²) in [4.78, 5) is 0. The van der Waals surface area contributed by atoms with Crippen molar-refractivity contribution in [1.82, 2.24) is 0 Å². The number of hydrogen-bond donors (Lipinski definition) is 2. The maximum absolute atomic E-state index is 5.87. The van der Waals surface area contributed by atoms with Crippen molar-refractivity contribution >= 4 is 12.4 Å². The Hall–Kier alpha value is -0.570. The van der Waals surface area contributed by atoms with Gasteiger partial charge in [0.25, 0.3) is 0 Å². The first-order valence-corrected chi connectivity index (χ1v) is 4.18. The molecule has 0 bridgehead atoms. The van der Waals surface area contributed by atoms with E-state index >= 15 is 0 Å². The van der Waals surface area contributed by atoms with Crippen LogP contribution in [0.15, 0.2) is 18.2 Å².